The van der Waals surface area contributed by atoms with Crippen molar-refractivity contribution in [3.63, 3.8) is 0 Å². The highest BCUT2D eigenvalue weighted by atomic mass is 32.1. The molecule has 1 aliphatic rings. The second-order valence-corrected chi connectivity index (χ2v) is 5.01. The third-order valence-corrected chi connectivity index (χ3v) is 3.32. The molecular formula is C11H20N2O2S. The Morgan fingerprint density at radius 2 is 2.25 bits per heavy atom. The van der Waals surface area contributed by atoms with Crippen LogP contribution in [0.5, 0.6) is 0 Å². The lowest BCUT2D eigenvalue weighted by Gasteiger charge is -2.23. The molecule has 3 atom stereocenters. The number of thiocarbonyl (C=S) groups is 1. The third kappa shape index (κ3) is 3.42. The van der Waals surface area contributed by atoms with Crippen LogP contribution >= 0.6 is 12.2 Å². The molecule has 1 aliphatic heterocycles. The van der Waals surface area contributed by atoms with Crippen molar-refractivity contribution < 1.29 is 9.53 Å². The summed E-state index contributed by atoms with van der Waals surface area (Å²) in [6.45, 7) is 4.47. The minimum absolute atomic E-state index is 0.0347. The van der Waals surface area contributed by atoms with Crippen LogP contribution in [0.15, 0.2) is 0 Å². The van der Waals surface area contributed by atoms with E-state index < -0.39 is 0 Å². The maximum Gasteiger partial charge on any atom is 0.251 e. The Kier molecular flexibility index (Phi) is 4.68. The number of carbonyl (C=O) groups is 1. The van der Waals surface area contributed by atoms with Crippen LogP contribution in [0.4, 0.5) is 0 Å². The highest BCUT2D eigenvalue weighted by Crippen LogP contribution is 2.20. The molecule has 0 aromatic heterocycles. The van der Waals surface area contributed by atoms with Gasteiger partial charge in [0, 0.05) is 19.5 Å². The van der Waals surface area contributed by atoms with Gasteiger partial charge >= 0.3 is 0 Å². The van der Waals surface area contributed by atoms with Gasteiger partial charge in [0.2, 0.25) is 0 Å². The molecule has 1 amide bonds. The molecule has 5 heteroatoms. The molecule has 1 fully saturated rings. The van der Waals surface area contributed by atoms with Crippen molar-refractivity contribution >= 4 is 23.1 Å². The van der Waals surface area contributed by atoms with Gasteiger partial charge in [-0.1, -0.05) is 19.1 Å². The predicted octanol–water partition coefficient (Wildman–Crippen LogP) is 0.934. The maximum atomic E-state index is 12.0. The Hall–Kier alpha value is -0.680. The van der Waals surface area contributed by atoms with Gasteiger partial charge in [-0.25, -0.2) is 0 Å². The molecule has 0 aromatic rings. The summed E-state index contributed by atoms with van der Waals surface area (Å²) < 4.78 is 5.53. The summed E-state index contributed by atoms with van der Waals surface area (Å²) in [6.07, 6.45) is 1.68. The Bertz CT molecular complexity index is 283. The van der Waals surface area contributed by atoms with E-state index >= 15 is 0 Å². The van der Waals surface area contributed by atoms with Gasteiger partial charge in [-0.2, -0.15) is 0 Å². The molecule has 1 rings (SSSR count). The van der Waals surface area contributed by atoms with Crippen LogP contribution in [0.3, 0.4) is 0 Å². The van der Waals surface area contributed by atoms with Crippen molar-refractivity contribution in [3.8, 4) is 0 Å². The summed E-state index contributed by atoms with van der Waals surface area (Å²) in [5, 5.41) is 0. The highest BCUT2D eigenvalue weighted by Gasteiger charge is 2.30. The quantitative estimate of drug-likeness (QED) is 0.748. The molecular weight excluding hydrogens is 224 g/mol. The fourth-order valence-corrected chi connectivity index (χ4v) is 1.90. The molecule has 1 saturated heterocycles. The number of hydrogen-bond donors (Lipinski definition) is 1. The first-order valence-electron chi connectivity index (χ1n) is 5.61. The lowest BCUT2D eigenvalue weighted by Crippen LogP contribution is -2.41. The van der Waals surface area contributed by atoms with Crippen LogP contribution in [-0.2, 0) is 9.53 Å². The van der Waals surface area contributed by atoms with Crippen molar-refractivity contribution in [2.45, 2.75) is 38.9 Å². The van der Waals surface area contributed by atoms with E-state index in [9.17, 15) is 4.79 Å². The van der Waals surface area contributed by atoms with Crippen molar-refractivity contribution in [3.05, 3.63) is 0 Å². The first-order valence-corrected chi connectivity index (χ1v) is 6.02. The molecule has 16 heavy (non-hydrogen) atoms. The minimum Gasteiger partial charge on any atom is -0.393 e. The van der Waals surface area contributed by atoms with E-state index in [1.54, 1.807) is 11.9 Å². The standard InChI is InChI=1S/C11H20N2O2S/c1-7(10(12)16)6-13(3)11(14)9-5-4-8(2)15-9/h7-9H,4-6H2,1-3H3,(H2,12,16). The number of carbonyl (C=O) groups excluding carboxylic acids is 1. The molecule has 0 spiro atoms. The second-order valence-electron chi connectivity index (χ2n) is 4.53. The molecule has 0 saturated carbocycles. The van der Waals surface area contributed by atoms with E-state index in [-0.39, 0.29) is 24.0 Å². The molecule has 3 unspecified atom stereocenters. The summed E-state index contributed by atoms with van der Waals surface area (Å²) in [7, 11) is 1.77. The van der Waals surface area contributed by atoms with Gasteiger partial charge in [0.1, 0.15) is 6.10 Å². The number of nitrogens with two attached hydrogens (primary N) is 1. The van der Waals surface area contributed by atoms with Crippen LogP contribution in [0.1, 0.15) is 26.7 Å². The van der Waals surface area contributed by atoms with Gasteiger partial charge in [-0.15, -0.1) is 0 Å². The molecule has 0 aromatic carbocycles. The summed E-state index contributed by atoms with van der Waals surface area (Å²) in [5.74, 6) is 0.0789. The number of rotatable bonds is 4. The van der Waals surface area contributed by atoms with Crippen molar-refractivity contribution in [2.24, 2.45) is 11.7 Å². The van der Waals surface area contributed by atoms with Crippen LogP contribution in [-0.4, -0.2) is 41.6 Å². The van der Waals surface area contributed by atoms with Crippen molar-refractivity contribution in [1.29, 1.82) is 0 Å². The van der Waals surface area contributed by atoms with E-state index in [4.69, 9.17) is 22.7 Å². The van der Waals surface area contributed by atoms with Crippen LogP contribution < -0.4 is 5.73 Å². The zero-order chi connectivity index (χ0) is 12.3. The Labute approximate surface area is 102 Å². The fourth-order valence-electron chi connectivity index (χ4n) is 1.82. The maximum absolute atomic E-state index is 12.0. The average molecular weight is 244 g/mol. The normalized spacial score (nSPS) is 26.4. The molecule has 0 bridgehead atoms. The largest absolute Gasteiger partial charge is 0.393 e. The summed E-state index contributed by atoms with van der Waals surface area (Å²) in [4.78, 5) is 14.1. The number of nitrogens with zero attached hydrogens (tertiary/aromatic N) is 1. The first-order chi connectivity index (χ1) is 7.41. The molecule has 2 N–H and O–H groups in total. The smallest absolute Gasteiger partial charge is 0.251 e. The van der Waals surface area contributed by atoms with E-state index in [0.29, 0.717) is 11.5 Å². The van der Waals surface area contributed by atoms with E-state index in [1.165, 1.54) is 0 Å². The zero-order valence-electron chi connectivity index (χ0n) is 10.1. The van der Waals surface area contributed by atoms with Crippen LogP contribution in [0, 0.1) is 5.92 Å². The van der Waals surface area contributed by atoms with Gasteiger partial charge in [-0.05, 0) is 19.8 Å². The van der Waals surface area contributed by atoms with Crippen LogP contribution in [0.2, 0.25) is 0 Å². The van der Waals surface area contributed by atoms with E-state index in [1.807, 2.05) is 13.8 Å². The molecule has 0 aliphatic carbocycles. The summed E-state index contributed by atoms with van der Waals surface area (Å²) in [6, 6.07) is 0. The highest BCUT2D eigenvalue weighted by molar-refractivity contribution is 7.80. The number of ether oxygens (including phenoxy) is 1. The summed E-state index contributed by atoms with van der Waals surface area (Å²) in [5.41, 5.74) is 5.52. The fraction of sp³-hybridized carbons (Fsp3) is 0.818. The van der Waals surface area contributed by atoms with Gasteiger partial charge in [-0.3, -0.25) is 4.79 Å². The lowest BCUT2D eigenvalue weighted by molar-refractivity contribution is -0.141. The SMILES string of the molecule is CC1CCC(C(=O)N(C)CC(C)C(N)=S)O1. The predicted molar refractivity (Wildman–Crippen MR) is 67.2 cm³/mol. The van der Waals surface area contributed by atoms with Gasteiger partial charge in [0.05, 0.1) is 11.1 Å². The monoisotopic (exact) mass is 244 g/mol. The number of likely N-dealkylation sites (N-methyl/N-ethyl adjacent to an activating group) is 1. The van der Waals surface area contributed by atoms with Gasteiger partial charge < -0.3 is 15.4 Å². The molecule has 0 radical (unpaired) electrons. The Balaban J connectivity index is 2.44. The van der Waals surface area contributed by atoms with E-state index in [2.05, 4.69) is 0 Å². The number of hydrogen-bond acceptors (Lipinski definition) is 3. The number of amides is 1. The topological polar surface area (TPSA) is 55.6 Å². The molecule has 4 nitrogen and oxygen atoms in total. The first kappa shape index (κ1) is 13.4. The van der Waals surface area contributed by atoms with Crippen LogP contribution in [0.25, 0.3) is 0 Å². The average Bonchev–Trinajstić information content (AvgIpc) is 2.63. The Morgan fingerprint density at radius 1 is 1.62 bits per heavy atom. The third-order valence-electron chi connectivity index (χ3n) is 2.92. The van der Waals surface area contributed by atoms with Crippen molar-refractivity contribution in [1.82, 2.24) is 4.90 Å². The Morgan fingerprint density at radius 3 is 2.69 bits per heavy atom. The minimum atomic E-state index is -0.279. The molecule has 92 valence electrons. The van der Waals surface area contributed by atoms with Gasteiger partial charge in [0.15, 0.2) is 0 Å². The molecule has 1 heterocycles. The van der Waals surface area contributed by atoms with E-state index in [0.717, 1.165) is 12.8 Å². The van der Waals surface area contributed by atoms with Gasteiger partial charge in [0.25, 0.3) is 5.91 Å². The summed E-state index contributed by atoms with van der Waals surface area (Å²) >= 11 is 4.89. The van der Waals surface area contributed by atoms with Crippen molar-refractivity contribution in [2.75, 3.05) is 13.6 Å². The lowest BCUT2D eigenvalue weighted by atomic mass is 10.1. The zero-order valence-corrected chi connectivity index (χ0v) is 10.9. The second kappa shape index (κ2) is 5.59.